The molecule has 4 rings (SSSR count). The molecule has 1 aliphatic rings. The van der Waals surface area contributed by atoms with Crippen LogP contribution < -0.4 is 25.0 Å². The van der Waals surface area contributed by atoms with Crippen LogP contribution in [0.3, 0.4) is 0 Å². The standard InChI is InChI=1S/C27H29ClN4O3S/c1-34-23-8-5-9-24(35-2)25(23)26(33)30-27(36)29-20-10-12-21(13-11-20)32-16-14-31(15-17-32)18-19-6-3-4-7-22(19)28/h3-13H,14-18H2,1-2H3,(H2,29,30,33,36). The number of methoxy groups -OCH3 is 2. The highest BCUT2D eigenvalue weighted by Gasteiger charge is 2.20. The number of rotatable bonds is 7. The SMILES string of the molecule is COc1cccc(OC)c1C(=O)NC(=S)Nc1ccc(N2CCN(Cc3ccccc3Cl)CC2)cc1. The molecule has 0 spiro atoms. The van der Waals surface area contributed by atoms with Gasteiger partial charge in [0, 0.05) is 49.1 Å². The molecule has 0 aromatic heterocycles. The van der Waals surface area contributed by atoms with E-state index in [2.05, 4.69) is 38.6 Å². The van der Waals surface area contributed by atoms with Crippen molar-refractivity contribution in [2.45, 2.75) is 6.54 Å². The average Bonchev–Trinajstić information content (AvgIpc) is 2.90. The molecule has 1 heterocycles. The lowest BCUT2D eigenvalue weighted by atomic mass is 10.1. The molecular weight excluding hydrogens is 496 g/mol. The lowest BCUT2D eigenvalue weighted by molar-refractivity contribution is 0.0971. The number of piperazine rings is 1. The predicted octanol–water partition coefficient (Wildman–Crippen LogP) is 4.81. The van der Waals surface area contributed by atoms with E-state index in [0.717, 1.165) is 54.7 Å². The maximum Gasteiger partial charge on any atom is 0.264 e. The number of benzene rings is 3. The summed E-state index contributed by atoms with van der Waals surface area (Å²) in [5, 5.41) is 6.77. The van der Waals surface area contributed by atoms with Crippen LogP contribution in [-0.4, -0.2) is 56.3 Å². The third-order valence-electron chi connectivity index (χ3n) is 6.10. The topological polar surface area (TPSA) is 66.1 Å². The maximum atomic E-state index is 12.8. The summed E-state index contributed by atoms with van der Waals surface area (Å²) in [7, 11) is 3.00. The minimum absolute atomic E-state index is 0.189. The number of carbonyl (C=O) groups is 1. The van der Waals surface area contributed by atoms with Gasteiger partial charge in [-0.05, 0) is 60.2 Å². The van der Waals surface area contributed by atoms with Crippen LogP contribution in [0.15, 0.2) is 66.7 Å². The number of carbonyl (C=O) groups excluding carboxylic acids is 1. The molecule has 188 valence electrons. The molecule has 9 heteroatoms. The fourth-order valence-corrected chi connectivity index (χ4v) is 4.60. The van der Waals surface area contributed by atoms with Crippen LogP contribution in [0.2, 0.25) is 5.02 Å². The molecule has 0 aliphatic carbocycles. The summed E-state index contributed by atoms with van der Waals surface area (Å²) in [6.45, 7) is 4.67. The Morgan fingerprint density at radius 2 is 1.56 bits per heavy atom. The van der Waals surface area contributed by atoms with E-state index in [4.69, 9.17) is 33.3 Å². The third kappa shape index (κ3) is 6.26. The van der Waals surface area contributed by atoms with Gasteiger partial charge in [0.05, 0.1) is 14.2 Å². The fourth-order valence-electron chi connectivity index (χ4n) is 4.19. The molecule has 3 aromatic carbocycles. The van der Waals surface area contributed by atoms with E-state index in [1.165, 1.54) is 14.2 Å². The van der Waals surface area contributed by atoms with Crippen molar-refractivity contribution >= 4 is 46.2 Å². The molecule has 2 N–H and O–H groups in total. The van der Waals surface area contributed by atoms with Crippen molar-refractivity contribution in [2.24, 2.45) is 0 Å². The Labute approximate surface area is 221 Å². The van der Waals surface area contributed by atoms with Crippen LogP contribution in [0.25, 0.3) is 0 Å². The zero-order valence-corrected chi connectivity index (χ0v) is 21.9. The minimum Gasteiger partial charge on any atom is -0.496 e. The van der Waals surface area contributed by atoms with Gasteiger partial charge in [0.1, 0.15) is 17.1 Å². The second-order valence-corrected chi connectivity index (χ2v) is 9.16. The number of halogens is 1. The molecule has 7 nitrogen and oxygen atoms in total. The normalized spacial score (nSPS) is 13.7. The molecule has 0 bridgehead atoms. The van der Waals surface area contributed by atoms with Crippen molar-refractivity contribution in [3.8, 4) is 11.5 Å². The van der Waals surface area contributed by atoms with Gasteiger partial charge in [-0.15, -0.1) is 0 Å². The van der Waals surface area contributed by atoms with E-state index in [1.807, 2.05) is 30.3 Å². The first-order valence-corrected chi connectivity index (χ1v) is 12.4. The van der Waals surface area contributed by atoms with E-state index in [1.54, 1.807) is 18.2 Å². The highest BCUT2D eigenvalue weighted by atomic mass is 35.5. The Balaban J connectivity index is 1.30. The summed E-state index contributed by atoms with van der Waals surface area (Å²) in [6, 6.07) is 21.2. The number of nitrogens with zero attached hydrogens (tertiary/aromatic N) is 2. The molecular formula is C27H29ClN4O3S. The predicted molar refractivity (Wildman–Crippen MR) is 149 cm³/mol. The Morgan fingerprint density at radius 1 is 0.917 bits per heavy atom. The molecule has 36 heavy (non-hydrogen) atoms. The average molecular weight is 525 g/mol. The van der Waals surface area contributed by atoms with Gasteiger partial charge < -0.3 is 19.7 Å². The number of amides is 1. The molecule has 1 amide bonds. The summed E-state index contributed by atoms with van der Waals surface area (Å²) >= 11 is 11.7. The Morgan fingerprint density at radius 3 is 2.17 bits per heavy atom. The quantitative estimate of drug-likeness (QED) is 0.430. The largest absolute Gasteiger partial charge is 0.496 e. The van der Waals surface area contributed by atoms with Gasteiger partial charge in [-0.25, -0.2) is 0 Å². The summed E-state index contributed by atoms with van der Waals surface area (Å²) in [6.07, 6.45) is 0. The number of thiocarbonyl (C=S) groups is 1. The van der Waals surface area contributed by atoms with E-state index in [9.17, 15) is 4.79 Å². The lowest BCUT2D eigenvalue weighted by Gasteiger charge is -2.36. The molecule has 0 atom stereocenters. The van der Waals surface area contributed by atoms with Crippen LogP contribution in [0.4, 0.5) is 11.4 Å². The van der Waals surface area contributed by atoms with E-state index < -0.39 is 5.91 Å². The van der Waals surface area contributed by atoms with Gasteiger partial charge in [-0.2, -0.15) is 0 Å². The van der Waals surface area contributed by atoms with Crippen molar-refractivity contribution in [1.29, 1.82) is 0 Å². The number of hydrogen-bond donors (Lipinski definition) is 2. The Bertz CT molecular complexity index is 1190. The second kappa shape index (κ2) is 12.1. The number of nitrogens with one attached hydrogen (secondary N) is 2. The molecule has 1 saturated heterocycles. The number of anilines is 2. The van der Waals surface area contributed by atoms with Gasteiger partial charge in [0.2, 0.25) is 0 Å². The smallest absolute Gasteiger partial charge is 0.264 e. The van der Waals surface area contributed by atoms with Gasteiger partial charge in [-0.3, -0.25) is 15.0 Å². The van der Waals surface area contributed by atoms with Crippen molar-refractivity contribution in [1.82, 2.24) is 10.2 Å². The highest BCUT2D eigenvalue weighted by Crippen LogP contribution is 2.28. The van der Waals surface area contributed by atoms with Crippen LogP contribution in [0.5, 0.6) is 11.5 Å². The summed E-state index contributed by atoms with van der Waals surface area (Å²) < 4.78 is 10.6. The van der Waals surface area contributed by atoms with Gasteiger partial charge in [0.25, 0.3) is 5.91 Å². The van der Waals surface area contributed by atoms with Crippen LogP contribution in [-0.2, 0) is 6.54 Å². The summed E-state index contributed by atoms with van der Waals surface area (Å²) in [5.41, 5.74) is 3.38. The van der Waals surface area contributed by atoms with Crippen molar-refractivity contribution in [3.63, 3.8) is 0 Å². The molecule has 1 fully saturated rings. The van der Waals surface area contributed by atoms with Crippen molar-refractivity contribution in [3.05, 3.63) is 82.9 Å². The Hall–Kier alpha value is -3.33. The minimum atomic E-state index is -0.409. The van der Waals surface area contributed by atoms with Gasteiger partial charge in [-0.1, -0.05) is 35.9 Å². The molecule has 0 saturated carbocycles. The zero-order chi connectivity index (χ0) is 25.5. The van der Waals surface area contributed by atoms with Crippen molar-refractivity contribution in [2.75, 3.05) is 50.6 Å². The van der Waals surface area contributed by atoms with Crippen LogP contribution in [0.1, 0.15) is 15.9 Å². The number of hydrogen-bond acceptors (Lipinski definition) is 6. The molecule has 0 unspecified atom stereocenters. The highest BCUT2D eigenvalue weighted by molar-refractivity contribution is 7.80. The zero-order valence-electron chi connectivity index (χ0n) is 20.3. The second-order valence-electron chi connectivity index (χ2n) is 8.35. The van der Waals surface area contributed by atoms with Gasteiger partial charge in [0.15, 0.2) is 5.11 Å². The van der Waals surface area contributed by atoms with Crippen molar-refractivity contribution < 1.29 is 14.3 Å². The van der Waals surface area contributed by atoms with E-state index in [-0.39, 0.29) is 10.7 Å². The molecule has 0 radical (unpaired) electrons. The summed E-state index contributed by atoms with van der Waals surface area (Å²) in [4.78, 5) is 17.6. The Kier molecular flexibility index (Phi) is 8.64. The lowest BCUT2D eigenvalue weighted by Crippen LogP contribution is -2.46. The third-order valence-corrected chi connectivity index (χ3v) is 6.67. The fraction of sp³-hybridized carbons (Fsp3) is 0.259. The number of ether oxygens (including phenoxy) is 2. The van der Waals surface area contributed by atoms with Crippen LogP contribution >= 0.6 is 23.8 Å². The van der Waals surface area contributed by atoms with Gasteiger partial charge >= 0.3 is 0 Å². The molecule has 3 aromatic rings. The maximum absolute atomic E-state index is 12.8. The molecule has 1 aliphatic heterocycles. The first-order chi connectivity index (χ1) is 17.5. The van der Waals surface area contributed by atoms with Crippen LogP contribution in [0, 0.1) is 0 Å². The first-order valence-electron chi connectivity index (χ1n) is 11.6. The van der Waals surface area contributed by atoms with E-state index in [0.29, 0.717) is 11.5 Å². The monoisotopic (exact) mass is 524 g/mol. The first kappa shape index (κ1) is 25.8. The van der Waals surface area contributed by atoms with E-state index >= 15 is 0 Å². The summed E-state index contributed by atoms with van der Waals surface area (Å²) in [5.74, 6) is 0.407.